The molecule has 0 fully saturated rings. The lowest BCUT2D eigenvalue weighted by Gasteiger charge is -2.28. The van der Waals surface area contributed by atoms with Gasteiger partial charge in [-0.3, -0.25) is 9.59 Å². The van der Waals surface area contributed by atoms with Crippen molar-refractivity contribution in [1.29, 1.82) is 5.26 Å². The number of benzene rings is 2. The van der Waals surface area contributed by atoms with E-state index in [0.29, 0.717) is 16.8 Å². The molecule has 2 aromatic carbocycles. The molecular formula is C27H25N3O2. The number of nitrogens with zero attached hydrogens (tertiary/aromatic N) is 3. The summed E-state index contributed by atoms with van der Waals surface area (Å²) in [5.74, 6) is -1.02. The van der Waals surface area contributed by atoms with Crippen LogP contribution in [0.5, 0.6) is 0 Å². The largest absolute Gasteiger partial charge is 0.347 e. The standard InChI is InChI=1S/C27H25N3O2/c1-17-10-12-19(13-11-17)30-25(31)20(18(2)21(16-28)26(30)32)14-15-24-27(3,4)22-8-6-7-9-23(22)29(24)5/h6-15H,1-5H3/b20-14-,24-15+. The van der Waals surface area contributed by atoms with Gasteiger partial charge in [-0.1, -0.05) is 49.7 Å². The zero-order chi connectivity index (χ0) is 23.2. The van der Waals surface area contributed by atoms with Crippen LogP contribution in [-0.2, 0) is 15.0 Å². The number of para-hydroxylation sites is 1. The predicted molar refractivity (Wildman–Crippen MR) is 126 cm³/mol. The molecule has 2 heterocycles. The first-order valence-corrected chi connectivity index (χ1v) is 10.5. The molecule has 2 amide bonds. The summed E-state index contributed by atoms with van der Waals surface area (Å²) in [6.07, 6.45) is 3.66. The van der Waals surface area contributed by atoms with E-state index in [2.05, 4.69) is 30.9 Å². The number of likely N-dealkylation sites (N-methyl/N-ethyl adjacent to an activating group) is 1. The second kappa shape index (κ2) is 7.65. The minimum absolute atomic E-state index is 0.0165. The third-order valence-electron chi connectivity index (χ3n) is 6.38. The van der Waals surface area contributed by atoms with Gasteiger partial charge in [0.25, 0.3) is 11.8 Å². The van der Waals surface area contributed by atoms with Crippen molar-refractivity contribution in [2.45, 2.75) is 33.1 Å². The number of nitriles is 1. The fourth-order valence-corrected chi connectivity index (χ4v) is 4.50. The number of rotatable bonds is 2. The number of anilines is 2. The molecule has 0 aromatic heterocycles. The lowest BCUT2D eigenvalue weighted by Crippen LogP contribution is -2.42. The summed E-state index contributed by atoms with van der Waals surface area (Å²) in [7, 11) is 2.01. The number of fused-ring (bicyclic) bond motifs is 1. The van der Waals surface area contributed by atoms with Gasteiger partial charge in [0.05, 0.1) is 5.69 Å². The molecule has 32 heavy (non-hydrogen) atoms. The maximum Gasteiger partial charge on any atom is 0.276 e. The first kappa shape index (κ1) is 21.3. The normalized spacial score (nSPS) is 20.2. The molecule has 0 bridgehead atoms. The van der Waals surface area contributed by atoms with Crippen molar-refractivity contribution in [3.63, 3.8) is 0 Å². The Labute approximate surface area is 188 Å². The van der Waals surface area contributed by atoms with Crippen molar-refractivity contribution in [3.05, 3.63) is 94.2 Å². The number of carbonyl (C=O) groups excluding carboxylic acids is 2. The quantitative estimate of drug-likeness (QED) is 0.507. The lowest BCUT2D eigenvalue weighted by molar-refractivity contribution is -0.122. The molecule has 2 aromatic rings. The maximum absolute atomic E-state index is 13.4. The highest BCUT2D eigenvalue weighted by atomic mass is 16.2. The van der Waals surface area contributed by atoms with E-state index < -0.39 is 11.8 Å². The first-order valence-electron chi connectivity index (χ1n) is 10.5. The van der Waals surface area contributed by atoms with Crippen LogP contribution >= 0.6 is 0 Å². The van der Waals surface area contributed by atoms with E-state index in [4.69, 9.17) is 0 Å². The summed E-state index contributed by atoms with van der Waals surface area (Å²) in [6.45, 7) is 7.88. The molecule has 0 saturated carbocycles. The molecule has 5 nitrogen and oxygen atoms in total. The van der Waals surface area contributed by atoms with Crippen molar-refractivity contribution < 1.29 is 9.59 Å². The Balaban J connectivity index is 1.83. The van der Waals surface area contributed by atoms with Gasteiger partial charge in [-0.2, -0.15) is 5.26 Å². The predicted octanol–water partition coefficient (Wildman–Crippen LogP) is 4.95. The van der Waals surface area contributed by atoms with Crippen molar-refractivity contribution in [2.24, 2.45) is 0 Å². The van der Waals surface area contributed by atoms with E-state index >= 15 is 0 Å². The molecule has 5 heteroatoms. The summed E-state index contributed by atoms with van der Waals surface area (Å²) in [5, 5.41) is 9.65. The van der Waals surface area contributed by atoms with Gasteiger partial charge in [-0.05, 0) is 55.3 Å². The molecule has 2 aliphatic rings. The Kier molecular flexibility index (Phi) is 5.10. The summed E-state index contributed by atoms with van der Waals surface area (Å²) in [5.41, 5.74) is 5.32. The number of imide groups is 1. The highest BCUT2D eigenvalue weighted by molar-refractivity contribution is 6.31. The summed E-state index contributed by atoms with van der Waals surface area (Å²) >= 11 is 0. The number of amides is 2. The van der Waals surface area contributed by atoms with Gasteiger partial charge in [0.1, 0.15) is 11.6 Å². The van der Waals surface area contributed by atoms with Crippen LogP contribution in [0.2, 0.25) is 0 Å². The molecule has 0 unspecified atom stereocenters. The zero-order valence-corrected chi connectivity index (χ0v) is 18.9. The Morgan fingerprint density at radius 1 is 0.938 bits per heavy atom. The highest BCUT2D eigenvalue weighted by Crippen LogP contribution is 2.46. The smallest absolute Gasteiger partial charge is 0.276 e. The molecule has 160 valence electrons. The number of aryl methyl sites for hydroxylation is 1. The third-order valence-corrected chi connectivity index (χ3v) is 6.38. The average Bonchev–Trinajstić information content (AvgIpc) is 2.96. The van der Waals surface area contributed by atoms with Gasteiger partial charge in [-0.15, -0.1) is 0 Å². The molecular weight excluding hydrogens is 398 g/mol. The first-order chi connectivity index (χ1) is 15.2. The van der Waals surface area contributed by atoms with Gasteiger partial charge in [0.2, 0.25) is 0 Å². The van der Waals surface area contributed by atoms with Crippen LogP contribution in [0.1, 0.15) is 31.9 Å². The minimum Gasteiger partial charge on any atom is -0.347 e. The summed E-state index contributed by atoms with van der Waals surface area (Å²) in [4.78, 5) is 29.6. The van der Waals surface area contributed by atoms with E-state index in [1.807, 2.05) is 50.4 Å². The number of hydrogen-bond donors (Lipinski definition) is 0. The Bertz CT molecular complexity index is 1270. The zero-order valence-electron chi connectivity index (χ0n) is 18.9. The maximum atomic E-state index is 13.4. The Hall–Kier alpha value is -3.91. The van der Waals surface area contributed by atoms with E-state index in [0.717, 1.165) is 21.8 Å². The molecule has 0 N–H and O–H groups in total. The van der Waals surface area contributed by atoms with E-state index in [-0.39, 0.29) is 11.0 Å². The van der Waals surface area contributed by atoms with Crippen molar-refractivity contribution >= 4 is 23.2 Å². The molecule has 4 rings (SSSR count). The van der Waals surface area contributed by atoms with Crippen LogP contribution in [0, 0.1) is 18.3 Å². The summed E-state index contributed by atoms with van der Waals surface area (Å²) in [6, 6.07) is 17.3. The van der Waals surface area contributed by atoms with Crippen molar-refractivity contribution in [1.82, 2.24) is 0 Å². The van der Waals surface area contributed by atoms with Crippen molar-refractivity contribution in [3.8, 4) is 6.07 Å². The van der Waals surface area contributed by atoms with Crippen LogP contribution in [-0.4, -0.2) is 18.9 Å². The van der Waals surface area contributed by atoms with Crippen molar-refractivity contribution in [2.75, 3.05) is 16.8 Å². The molecule has 0 atom stereocenters. The van der Waals surface area contributed by atoms with Crippen LogP contribution in [0.4, 0.5) is 11.4 Å². The lowest BCUT2D eigenvalue weighted by atomic mass is 9.83. The Morgan fingerprint density at radius 3 is 2.22 bits per heavy atom. The van der Waals surface area contributed by atoms with E-state index in [9.17, 15) is 14.9 Å². The van der Waals surface area contributed by atoms with E-state index in [1.165, 1.54) is 5.56 Å². The molecule has 2 aliphatic heterocycles. The third kappa shape index (κ3) is 3.16. The number of hydrogen-bond acceptors (Lipinski definition) is 4. The van der Waals surface area contributed by atoms with Gasteiger partial charge >= 0.3 is 0 Å². The number of allylic oxidation sites excluding steroid dienone is 3. The number of carbonyl (C=O) groups is 2. The monoisotopic (exact) mass is 423 g/mol. The van der Waals surface area contributed by atoms with Crippen LogP contribution < -0.4 is 9.80 Å². The Morgan fingerprint density at radius 2 is 1.59 bits per heavy atom. The fourth-order valence-electron chi connectivity index (χ4n) is 4.50. The van der Waals surface area contributed by atoms with Crippen LogP contribution in [0.25, 0.3) is 0 Å². The van der Waals surface area contributed by atoms with E-state index in [1.54, 1.807) is 25.1 Å². The molecule has 0 saturated heterocycles. The minimum atomic E-state index is -0.589. The second-order valence-electron chi connectivity index (χ2n) is 8.73. The summed E-state index contributed by atoms with van der Waals surface area (Å²) < 4.78 is 0. The van der Waals surface area contributed by atoms with Gasteiger partial charge < -0.3 is 4.90 Å². The van der Waals surface area contributed by atoms with Crippen LogP contribution in [0.15, 0.2) is 83.1 Å². The second-order valence-corrected chi connectivity index (χ2v) is 8.73. The van der Waals surface area contributed by atoms with Gasteiger partial charge in [0.15, 0.2) is 0 Å². The molecule has 0 radical (unpaired) electrons. The average molecular weight is 424 g/mol. The van der Waals surface area contributed by atoms with Gasteiger partial charge in [-0.25, -0.2) is 4.90 Å². The fraction of sp³-hybridized carbons (Fsp3) is 0.222. The SMILES string of the molecule is CC1=C(C#N)C(=O)N(c2ccc(C)cc2)C(=O)/C1=C\C=C1\N(C)c2ccccc2C1(C)C. The van der Waals surface area contributed by atoms with Crippen LogP contribution in [0.3, 0.4) is 0 Å². The molecule has 0 spiro atoms. The topological polar surface area (TPSA) is 64.4 Å². The highest BCUT2D eigenvalue weighted by Gasteiger charge is 2.39. The molecule has 0 aliphatic carbocycles. The van der Waals surface area contributed by atoms with Gasteiger partial charge in [0, 0.05) is 29.4 Å².